The molecule has 1 rings (SSSR count). The molecule has 0 radical (unpaired) electrons. The molecule has 1 atom stereocenters. The second kappa shape index (κ2) is 8.73. The molecule has 0 saturated carbocycles. The number of rotatable bonds is 7. The van der Waals surface area contributed by atoms with E-state index >= 15 is 0 Å². The van der Waals surface area contributed by atoms with E-state index in [1.807, 2.05) is 6.07 Å². The van der Waals surface area contributed by atoms with Gasteiger partial charge < -0.3 is 14.8 Å². The number of benzene rings is 1. The maximum atomic E-state index is 11.8. The average Bonchev–Trinajstić information content (AvgIpc) is 2.47. The second-order valence-electron chi connectivity index (χ2n) is 4.29. The van der Waals surface area contributed by atoms with Crippen molar-refractivity contribution in [3.63, 3.8) is 0 Å². The van der Waals surface area contributed by atoms with E-state index < -0.39 is 23.9 Å². The van der Waals surface area contributed by atoms with Crippen LogP contribution in [0.1, 0.15) is 31.4 Å². The van der Waals surface area contributed by atoms with Crippen LogP contribution in [0.2, 0.25) is 0 Å². The molecule has 0 fully saturated rings. The normalized spacial score (nSPS) is 11.3. The minimum absolute atomic E-state index is 0.00473. The predicted octanol–water partition coefficient (Wildman–Crippen LogP) is 1.36. The first-order valence-corrected chi connectivity index (χ1v) is 6.63. The molecule has 114 valence electrons. The summed E-state index contributed by atoms with van der Waals surface area (Å²) in [5.74, 6) is -1.54. The molecule has 0 aliphatic rings. The van der Waals surface area contributed by atoms with Gasteiger partial charge in [-0.3, -0.25) is 14.4 Å². The van der Waals surface area contributed by atoms with E-state index in [0.29, 0.717) is 0 Å². The average molecular weight is 293 g/mol. The SMILES string of the molecule is CCOC(=O)C[C@H](NC(=O)CC(=O)OC)c1ccccc1. The number of hydrogen-bond acceptors (Lipinski definition) is 5. The van der Waals surface area contributed by atoms with Crippen molar-refractivity contribution in [3.05, 3.63) is 35.9 Å². The summed E-state index contributed by atoms with van der Waals surface area (Å²) >= 11 is 0. The third-order valence-electron chi connectivity index (χ3n) is 2.75. The van der Waals surface area contributed by atoms with Crippen molar-refractivity contribution in [2.75, 3.05) is 13.7 Å². The lowest BCUT2D eigenvalue weighted by atomic mass is 10.0. The first-order chi connectivity index (χ1) is 10.1. The first-order valence-electron chi connectivity index (χ1n) is 6.63. The summed E-state index contributed by atoms with van der Waals surface area (Å²) < 4.78 is 9.33. The molecule has 0 saturated heterocycles. The van der Waals surface area contributed by atoms with E-state index in [1.54, 1.807) is 31.2 Å². The quantitative estimate of drug-likeness (QED) is 0.606. The number of carbonyl (C=O) groups is 3. The van der Waals surface area contributed by atoms with Gasteiger partial charge in [0.15, 0.2) is 0 Å². The van der Waals surface area contributed by atoms with Crippen molar-refractivity contribution in [1.29, 1.82) is 0 Å². The van der Waals surface area contributed by atoms with Crippen LogP contribution in [-0.2, 0) is 23.9 Å². The standard InChI is InChI=1S/C15H19NO5/c1-3-21-15(19)9-12(11-7-5-4-6-8-11)16-13(17)10-14(18)20-2/h4-8,12H,3,9-10H2,1-2H3,(H,16,17)/t12-/m0/s1. The molecule has 0 aliphatic heterocycles. The summed E-state index contributed by atoms with van der Waals surface area (Å²) in [7, 11) is 1.21. The highest BCUT2D eigenvalue weighted by Crippen LogP contribution is 2.17. The van der Waals surface area contributed by atoms with Gasteiger partial charge in [0.2, 0.25) is 5.91 Å². The van der Waals surface area contributed by atoms with E-state index in [0.717, 1.165) is 5.56 Å². The molecule has 0 bridgehead atoms. The van der Waals surface area contributed by atoms with Gasteiger partial charge in [0, 0.05) is 0 Å². The molecule has 0 heterocycles. The van der Waals surface area contributed by atoms with Gasteiger partial charge in [-0.25, -0.2) is 0 Å². The molecular weight excluding hydrogens is 274 g/mol. The molecule has 0 spiro atoms. The Bertz CT molecular complexity index is 486. The molecule has 21 heavy (non-hydrogen) atoms. The number of amides is 1. The van der Waals surface area contributed by atoms with Crippen LogP contribution in [0.3, 0.4) is 0 Å². The number of nitrogens with one attached hydrogen (secondary N) is 1. The lowest BCUT2D eigenvalue weighted by molar-refractivity contribution is -0.144. The summed E-state index contributed by atoms with van der Waals surface area (Å²) in [5.41, 5.74) is 0.767. The molecule has 1 N–H and O–H groups in total. The smallest absolute Gasteiger partial charge is 0.315 e. The van der Waals surface area contributed by atoms with E-state index in [9.17, 15) is 14.4 Å². The van der Waals surface area contributed by atoms with Gasteiger partial charge in [0.1, 0.15) is 6.42 Å². The summed E-state index contributed by atoms with van der Waals surface area (Å²) in [4.78, 5) is 34.5. The Balaban J connectivity index is 2.75. The maximum Gasteiger partial charge on any atom is 0.315 e. The zero-order valence-electron chi connectivity index (χ0n) is 12.1. The van der Waals surface area contributed by atoms with Gasteiger partial charge in [-0.1, -0.05) is 30.3 Å². The minimum Gasteiger partial charge on any atom is -0.469 e. The van der Waals surface area contributed by atoms with Gasteiger partial charge in [0.05, 0.1) is 26.2 Å². The van der Waals surface area contributed by atoms with Gasteiger partial charge in [-0.2, -0.15) is 0 Å². The lowest BCUT2D eigenvalue weighted by Gasteiger charge is -2.18. The zero-order valence-corrected chi connectivity index (χ0v) is 12.1. The monoisotopic (exact) mass is 293 g/mol. The third kappa shape index (κ3) is 6.07. The van der Waals surface area contributed by atoms with Gasteiger partial charge in [-0.05, 0) is 12.5 Å². The maximum absolute atomic E-state index is 11.8. The van der Waals surface area contributed by atoms with Crippen molar-refractivity contribution in [1.82, 2.24) is 5.32 Å². The molecule has 1 amide bonds. The van der Waals surface area contributed by atoms with E-state index in [1.165, 1.54) is 7.11 Å². The highest BCUT2D eigenvalue weighted by Gasteiger charge is 2.20. The molecule has 6 heteroatoms. The molecular formula is C15H19NO5. The van der Waals surface area contributed by atoms with Crippen LogP contribution in [0.25, 0.3) is 0 Å². The topological polar surface area (TPSA) is 81.7 Å². The predicted molar refractivity (Wildman–Crippen MR) is 75.2 cm³/mol. The van der Waals surface area contributed by atoms with Crippen LogP contribution in [0, 0.1) is 0 Å². The van der Waals surface area contributed by atoms with Crippen LogP contribution in [0.4, 0.5) is 0 Å². The van der Waals surface area contributed by atoms with Crippen LogP contribution in [0.15, 0.2) is 30.3 Å². The van der Waals surface area contributed by atoms with Crippen LogP contribution < -0.4 is 5.32 Å². The molecule has 1 aromatic rings. The summed E-state index contributed by atoms with van der Waals surface area (Å²) in [5, 5.41) is 2.65. The first kappa shape index (κ1) is 16.7. The highest BCUT2D eigenvalue weighted by atomic mass is 16.5. The Labute approximate surface area is 123 Å². The van der Waals surface area contributed by atoms with Gasteiger partial charge in [0.25, 0.3) is 0 Å². The van der Waals surface area contributed by atoms with Crippen molar-refractivity contribution in [3.8, 4) is 0 Å². The Morgan fingerprint density at radius 1 is 1.14 bits per heavy atom. The minimum atomic E-state index is -0.629. The number of carbonyl (C=O) groups excluding carboxylic acids is 3. The fraction of sp³-hybridized carbons (Fsp3) is 0.400. The van der Waals surface area contributed by atoms with Crippen molar-refractivity contribution in [2.45, 2.75) is 25.8 Å². The Morgan fingerprint density at radius 3 is 2.38 bits per heavy atom. The van der Waals surface area contributed by atoms with E-state index in [-0.39, 0.29) is 19.4 Å². The molecule has 0 unspecified atom stereocenters. The van der Waals surface area contributed by atoms with Crippen molar-refractivity contribution < 1.29 is 23.9 Å². The number of esters is 2. The Kier molecular flexibility index (Phi) is 6.94. The summed E-state index contributed by atoms with van der Waals surface area (Å²) in [6.07, 6.45) is -0.382. The lowest BCUT2D eigenvalue weighted by Crippen LogP contribution is -2.32. The van der Waals surface area contributed by atoms with Crippen molar-refractivity contribution in [2.24, 2.45) is 0 Å². The summed E-state index contributed by atoms with van der Waals surface area (Å²) in [6.45, 7) is 1.99. The third-order valence-corrected chi connectivity index (χ3v) is 2.75. The van der Waals surface area contributed by atoms with Crippen LogP contribution in [-0.4, -0.2) is 31.6 Å². The fourth-order valence-electron chi connectivity index (χ4n) is 1.77. The number of methoxy groups -OCH3 is 1. The zero-order chi connectivity index (χ0) is 15.7. The molecule has 6 nitrogen and oxygen atoms in total. The Morgan fingerprint density at radius 2 is 1.81 bits per heavy atom. The van der Waals surface area contributed by atoms with Crippen molar-refractivity contribution >= 4 is 17.8 Å². The van der Waals surface area contributed by atoms with Gasteiger partial charge in [-0.15, -0.1) is 0 Å². The van der Waals surface area contributed by atoms with E-state index in [4.69, 9.17) is 4.74 Å². The van der Waals surface area contributed by atoms with Crippen LogP contribution in [0.5, 0.6) is 0 Å². The van der Waals surface area contributed by atoms with E-state index in [2.05, 4.69) is 10.1 Å². The highest BCUT2D eigenvalue weighted by molar-refractivity contribution is 5.94. The van der Waals surface area contributed by atoms with Crippen LogP contribution >= 0.6 is 0 Å². The molecule has 0 aliphatic carbocycles. The molecule has 0 aromatic heterocycles. The largest absolute Gasteiger partial charge is 0.469 e. The Hall–Kier alpha value is -2.37. The van der Waals surface area contributed by atoms with Gasteiger partial charge >= 0.3 is 11.9 Å². The number of hydrogen-bond donors (Lipinski definition) is 1. The fourth-order valence-corrected chi connectivity index (χ4v) is 1.77. The summed E-state index contributed by atoms with van der Waals surface area (Å²) in [6, 6.07) is 8.49. The second-order valence-corrected chi connectivity index (χ2v) is 4.29. The number of ether oxygens (including phenoxy) is 2. The molecule has 1 aromatic carbocycles.